The molecule has 2 aromatic heterocycles. The summed E-state index contributed by atoms with van der Waals surface area (Å²) < 4.78 is 5.13. The van der Waals surface area contributed by atoms with E-state index in [1.54, 1.807) is 12.4 Å². The van der Waals surface area contributed by atoms with Crippen molar-refractivity contribution >= 4 is 0 Å². The first-order valence-corrected chi connectivity index (χ1v) is 5.08. The zero-order valence-electron chi connectivity index (χ0n) is 8.42. The van der Waals surface area contributed by atoms with E-state index in [0.29, 0.717) is 30.5 Å². The Morgan fingerprint density at radius 3 is 3.12 bits per heavy atom. The lowest BCUT2D eigenvalue weighted by Gasteiger charge is -2.01. The number of imidazole rings is 1. The number of hydrogen-bond donors (Lipinski definition) is 3. The summed E-state index contributed by atoms with van der Waals surface area (Å²) in [5.74, 6) is 1.50. The first-order valence-electron chi connectivity index (χ1n) is 5.08. The molecule has 3 heterocycles. The Balaban J connectivity index is 1.83. The summed E-state index contributed by atoms with van der Waals surface area (Å²) in [4.78, 5) is 11.2. The number of aliphatic hydroxyl groups excluding tert-OH is 1. The van der Waals surface area contributed by atoms with Gasteiger partial charge in [-0.05, 0) is 6.42 Å². The fourth-order valence-electron chi connectivity index (χ4n) is 1.77. The van der Waals surface area contributed by atoms with E-state index in [-0.39, 0.29) is 12.1 Å². The Hall–Kier alpha value is -1.73. The van der Waals surface area contributed by atoms with Gasteiger partial charge in [0.2, 0.25) is 11.7 Å². The van der Waals surface area contributed by atoms with Gasteiger partial charge in [-0.3, -0.25) is 0 Å². The van der Waals surface area contributed by atoms with Crippen molar-refractivity contribution < 1.29 is 9.63 Å². The van der Waals surface area contributed by atoms with Gasteiger partial charge >= 0.3 is 0 Å². The SMILES string of the molecule is OC1CNC(c2nc(-c3ncc[nH]3)no2)C1. The third kappa shape index (κ3) is 1.59. The third-order valence-corrected chi connectivity index (χ3v) is 2.56. The fourth-order valence-corrected chi connectivity index (χ4v) is 1.77. The van der Waals surface area contributed by atoms with Crippen molar-refractivity contribution in [3.63, 3.8) is 0 Å². The molecule has 0 amide bonds. The van der Waals surface area contributed by atoms with Crippen LogP contribution < -0.4 is 5.32 Å². The number of aromatic amines is 1. The Labute approximate surface area is 90.9 Å². The quantitative estimate of drug-likeness (QED) is 0.652. The number of nitrogens with zero attached hydrogens (tertiary/aromatic N) is 3. The van der Waals surface area contributed by atoms with E-state index in [1.807, 2.05) is 0 Å². The van der Waals surface area contributed by atoms with Crippen molar-refractivity contribution in [3.8, 4) is 11.6 Å². The average Bonchev–Trinajstić information content (AvgIpc) is 2.97. The van der Waals surface area contributed by atoms with Crippen LogP contribution in [0, 0.1) is 0 Å². The van der Waals surface area contributed by atoms with E-state index in [1.165, 1.54) is 0 Å². The van der Waals surface area contributed by atoms with Crippen LogP contribution in [0.25, 0.3) is 11.6 Å². The van der Waals surface area contributed by atoms with Crippen LogP contribution in [0.3, 0.4) is 0 Å². The van der Waals surface area contributed by atoms with Crippen LogP contribution in [0.4, 0.5) is 0 Å². The highest BCUT2D eigenvalue weighted by Crippen LogP contribution is 2.23. The zero-order valence-corrected chi connectivity index (χ0v) is 8.42. The van der Waals surface area contributed by atoms with Crippen LogP contribution in [-0.2, 0) is 0 Å². The molecule has 1 aliphatic rings. The second-order valence-corrected chi connectivity index (χ2v) is 3.74. The fraction of sp³-hybridized carbons (Fsp3) is 0.444. The van der Waals surface area contributed by atoms with Crippen molar-refractivity contribution in [1.82, 2.24) is 25.4 Å². The summed E-state index contributed by atoms with van der Waals surface area (Å²) in [6.45, 7) is 0.559. The maximum atomic E-state index is 9.38. The minimum Gasteiger partial charge on any atom is -0.392 e. The van der Waals surface area contributed by atoms with Gasteiger partial charge in [-0.2, -0.15) is 4.98 Å². The van der Waals surface area contributed by atoms with Crippen molar-refractivity contribution in [1.29, 1.82) is 0 Å². The van der Waals surface area contributed by atoms with Gasteiger partial charge in [-0.15, -0.1) is 0 Å². The highest BCUT2D eigenvalue weighted by molar-refractivity contribution is 5.40. The van der Waals surface area contributed by atoms with E-state index in [9.17, 15) is 5.11 Å². The molecular weight excluding hydrogens is 210 g/mol. The topological polar surface area (TPSA) is 99.9 Å². The minimum atomic E-state index is -0.344. The summed E-state index contributed by atoms with van der Waals surface area (Å²) in [5.41, 5.74) is 0. The largest absolute Gasteiger partial charge is 0.392 e. The molecule has 7 nitrogen and oxygen atoms in total. The van der Waals surface area contributed by atoms with Gasteiger partial charge in [-0.25, -0.2) is 4.98 Å². The lowest BCUT2D eigenvalue weighted by Crippen LogP contribution is -2.15. The Morgan fingerprint density at radius 1 is 1.50 bits per heavy atom. The van der Waals surface area contributed by atoms with Crippen LogP contribution in [0.15, 0.2) is 16.9 Å². The van der Waals surface area contributed by atoms with Crippen LogP contribution in [-0.4, -0.2) is 37.9 Å². The van der Waals surface area contributed by atoms with E-state index in [0.717, 1.165) is 0 Å². The minimum absolute atomic E-state index is 0.0637. The number of nitrogens with one attached hydrogen (secondary N) is 2. The zero-order chi connectivity index (χ0) is 11.0. The van der Waals surface area contributed by atoms with Crippen LogP contribution in [0.1, 0.15) is 18.4 Å². The maximum Gasteiger partial charge on any atom is 0.244 e. The predicted molar refractivity (Wildman–Crippen MR) is 53.2 cm³/mol. The van der Waals surface area contributed by atoms with Crippen molar-refractivity contribution in [2.75, 3.05) is 6.54 Å². The van der Waals surface area contributed by atoms with E-state index < -0.39 is 0 Å². The van der Waals surface area contributed by atoms with Gasteiger partial charge < -0.3 is 19.9 Å². The number of hydrogen-bond acceptors (Lipinski definition) is 6. The molecule has 3 rings (SSSR count). The molecule has 1 aliphatic heterocycles. The molecule has 2 unspecified atom stereocenters. The van der Waals surface area contributed by atoms with E-state index in [2.05, 4.69) is 25.4 Å². The molecule has 2 aromatic rings. The van der Waals surface area contributed by atoms with E-state index in [4.69, 9.17) is 4.52 Å². The second kappa shape index (κ2) is 3.69. The molecule has 2 atom stereocenters. The molecule has 16 heavy (non-hydrogen) atoms. The van der Waals surface area contributed by atoms with Gasteiger partial charge in [0.1, 0.15) is 0 Å². The van der Waals surface area contributed by atoms with Crippen LogP contribution in [0.2, 0.25) is 0 Å². The third-order valence-electron chi connectivity index (χ3n) is 2.56. The lowest BCUT2D eigenvalue weighted by atomic mass is 10.2. The molecular formula is C9H11N5O2. The van der Waals surface area contributed by atoms with Gasteiger partial charge in [-0.1, -0.05) is 5.16 Å². The van der Waals surface area contributed by atoms with Gasteiger partial charge in [0.05, 0.1) is 12.1 Å². The number of aromatic nitrogens is 4. The van der Waals surface area contributed by atoms with Crippen LogP contribution in [0.5, 0.6) is 0 Å². The molecule has 0 aliphatic carbocycles. The van der Waals surface area contributed by atoms with Crippen molar-refractivity contribution in [2.24, 2.45) is 0 Å². The molecule has 7 heteroatoms. The summed E-state index contributed by atoms with van der Waals surface area (Å²) in [7, 11) is 0. The number of rotatable bonds is 2. The Kier molecular flexibility index (Phi) is 2.19. The molecule has 1 saturated heterocycles. The monoisotopic (exact) mass is 221 g/mol. The molecule has 84 valence electrons. The lowest BCUT2D eigenvalue weighted by molar-refractivity contribution is 0.191. The first kappa shape index (κ1) is 9.49. The summed E-state index contributed by atoms with van der Waals surface area (Å²) >= 11 is 0. The highest BCUT2D eigenvalue weighted by atomic mass is 16.5. The van der Waals surface area contributed by atoms with Gasteiger partial charge in [0.15, 0.2) is 5.82 Å². The molecule has 0 bridgehead atoms. The highest BCUT2D eigenvalue weighted by Gasteiger charge is 2.28. The maximum absolute atomic E-state index is 9.38. The normalized spacial score (nSPS) is 25.1. The number of β-amino-alcohol motifs (C(OH)–C–C–N with tert-alkyl or cyclic N) is 1. The summed E-state index contributed by atoms with van der Waals surface area (Å²) in [6, 6.07) is -0.0637. The molecule has 0 spiro atoms. The van der Waals surface area contributed by atoms with Gasteiger partial charge in [0.25, 0.3) is 0 Å². The predicted octanol–water partition coefficient (Wildman–Crippen LogP) is -0.145. The van der Waals surface area contributed by atoms with Crippen LogP contribution >= 0.6 is 0 Å². The average molecular weight is 221 g/mol. The first-order chi connectivity index (χ1) is 7.83. The van der Waals surface area contributed by atoms with Crippen molar-refractivity contribution in [3.05, 3.63) is 18.3 Å². The smallest absolute Gasteiger partial charge is 0.244 e. The number of aliphatic hydroxyl groups is 1. The molecule has 1 fully saturated rings. The Morgan fingerprint density at radius 2 is 2.44 bits per heavy atom. The molecule has 0 aromatic carbocycles. The molecule has 3 N–H and O–H groups in total. The summed E-state index contributed by atoms with van der Waals surface area (Å²) in [5, 5.41) is 16.3. The van der Waals surface area contributed by atoms with Crippen molar-refractivity contribution in [2.45, 2.75) is 18.6 Å². The second-order valence-electron chi connectivity index (χ2n) is 3.74. The summed E-state index contributed by atoms with van der Waals surface area (Å²) in [6.07, 6.45) is 3.58. The number of H-pyrrole nitrogens is 1. The molecule has 0 radical (unpaired) electrons. The molecule has 0 saturated carbocycles. The van der Waals surface area contributed by atoms with Gasteiger partial charge in [0, 0.05) is 18.9 Å². The Bertz CT molecular complexity index is 466. The van der Waals surface area contributed by atoms with E-state index >= 15 is 0 Å². The standard InChI is InChI=1S/C9H11N5O2/c15-5-3-6(12-4-5)9-13-8(14-16-9)7-10-1-2-11-7/h1-2,5-6,12,15H,3-4H2,(H,10,11).